The number of aromatic nitrogens is 1. The standard InChI is InChI=1S/C8H5F4NO4/c9-2-3-1-4(14)13-5(7(15)16)6(3)17-8(10,11)12/h1H,2H2,(H,13,14)(H,15,16). The SMILES string of the molecule is O=C(O)c1[nH]c(=O)cc(CF)c1OC(F)(F)F. The number of ether oxygens (including phenoxy) is 1. The van der Waals surface area contributed by atoms with Gasteiger partial charge in [0.05, 0.1) is 0 Å². The van der Waals surface area contributed by atoms with Crippen LogP contribution in [0, 0.1) is 0 Å². The van der Waals surface area contributed by atoms with Crippen LogP contribution in [0.2, 0.25) is 0 Å². The summed E-state index contributed by atoms with van der Waals surface area (Å²) in [4.78, 5) is 23.1. The molecule has 0 saturated heterocycles. The van der Waals surface area contributed by atoms with Crippen molar-refractivity contribution < 1.29 is 32.2 Å². The molecule has 0 atom stereocenters. The Morgan fingerprint density at radius 3 is 2.47 bits per heavy atom. The number of carbonyl (C=O) groups is 1. The van der Waals surface area contributed by atoms with Crippen LogP contribution in [-0.2, 0) is 6.67 Å². The lowest BCUT2D eigenvalue weighted by Gasteiger charge is -2.13. The van der Waals surface area contributed by atoms with E-state index in [4.69, 9.17) is 5.11 Å². The number of H-pyrrole nitrogens is 1. The molecule has 0 aliphatic rings. The number of hydrogen-bond donors (Lipinski definition) is 2. The Morgan fingerprint density at radius 2 is 2.06 bits per heavy atom. The number of hydrogen-bond acceptors (Lipinski definition) is 3. The second-order valence-electron chi connectivity index (χ2n) is 2.85. The van der Waals surface area contributed by atoms with Crippen molar-refractivity contribution in [2.24, 2.45) is 0 Å². The van der Waals surface area contributed by atoms with Gasteiger partial charge >= 0.3 is 12.3 Å². The van der Waals surface area contributed by atoms with Gasteiger partial charge in [-0.15, -0.1) is 13.2 Å². The van der Waals surface area contributed by atoms with Crippen LogP contribution in [-0.4, -0.2) is 22.4 Å². The smallest absolute Gasteiger partial charge is 0.476 e. The van der Waals surface area contributed by atoms with E-state index in [1.165, 1.54) is 0 Å². The number of carboxylic acids is 1. The Morgan fingerprint density at radius 1 is 1.47 bits per heavy atom. The molecule has 0 saturated carbocycles. The lowest BCUT2D eigenvalue weighted by atomic mass is 10.2. The summed E-state index contributed by atoms with van der Waals surface area (Å²) in [7, 11) is 0. The van der Waals surface area contributed by atoms with Crippen molar-refractivity contribution >= 4 is 5.97 Å². The second-order valence-corrected chi connectivity index (χ2v) is 2.85. The maximum absolute atomic E-state index is 12.4. The van der Waals surface area contributed by atoms with E-state index in [2.05, 4.69) is 4.74 Å². The Hall–Kier alpha value is -2.06. The van der Waals surface area contributed by atoms with E-state index in [1.54, 1.807) is 4.98 Å². The third kappa shape index (κ3) is 3.20. The predicted molar refractivity (Wildman–Crippen MR) is 45.5 cm³/mol. The van der Waals surface area contributed by atoms with Crippen molar-refractivity contribution in [3.8, 4) is 5.75 Å². The number of aromatic amines is 1. The van der Waals surface area contributed by atoms with E-state index in [0.29, 0.717) is 6.07 Å². The molecule has 0 aliphatic heterocycles. The summed E-state index contributed by atoms with van der Waals surface area (Å²) in [5.41, 5.74) is -2.98. The molecule has 0 fully saturated rings. The Balaban J connectivity index is 3.42. The number of aromatic carboxylic acids is 1. The molecule has 1 rings (SSSR count). The van der Waals surface area contributed by atoms with Crippen molar-refractivity contribution in [2.45, 2.75) is 13.0 Å². The number of pyridine rings is 1. The zero-order valence-corrected chi connectivity index (χ0v) is 7.97. The summed E-state index contributed by atoms with van der Waals surface area (Å²) in [5, 5.41) is 8.57. The topological polar surface area (TPSA) is 79.4 Å². The normalized spacial score (nSPS) is 11.3. The van der Waals surface area contributed by atoms with Crippen LogP contribution in [0.15, 0.2) is 10.9 Å². The number of rotatable bonds is 3. The molecule has 1 aromatic heterocycles. The Bertz CT molecular complexity index is 493. The van der Waals surface area contributed by atoms with Gasteiger partial charge in [0.15, 0.2) is 11.4 Å². The molecule has 2 N–H and O–H groups in total. The summed E-state index contributed by atoms with van der Waals surface area (Å²) < 4.78 is 51.7. The van der Waals surface area contributed by atoms with E-state index in [1.807, 2.05) is 0 Å². The molecule has 9 heteroatoms. The number of halogens is 4. The van der Waals surface area contributed by atoms with Gasteiger partial charge in [-0.2, -0.15) is 0 Å². The maximum Gasteiger partial charge on any atom is 0.573 e. The molecule has 17 heavy (non-hydrogen) atoms. The minimum absolute atomic E-state index is 0.494. The van der Waals surface area contributed by atoms with Gasteiger partial charge in [-0.3, -0.25) is 4.79 Å². The molecular weight excluding hydrogens is 250 g/mol. The van der Waals surface area contributed by atoms with Gasteiger partial charge in [0.2, 0.25) is 5.56 Å². The third-order valence-corrected chi connectivity index (χ3v) is 1.65. The predicted octanol–water partition coefficient (Wildman–Crippen LogP) is 1.44. The first-order valence-corrected chi connectivity index (χ1v) is 4.06. The van der Waals surface area contributed by atoms with E-state index < -0.39 is 41.6 Å². The second kappa shape index (κ2) is 4.44. The van der Waals surface area contributed by atoms with Crippen molar-refractivity contribution in [2.75, 3.05) is 0 Å². The molecule has 0 bridgehead atoms. The first-order valence-electron chi connectivity index (χ1n) is 4.06. The lowest BCUT2D eigenvalue weighted by molar-refractivity contribution is -0.275. The number of nitrogens with one attached hydrogen (secondary N) is 1. The highest BCUT2D eigenvalue weighted by molar-refractivity contribution is 5.89. The summed E-state index contributed by atoms with van der Waals surface area (Å²) in [6.45, 7) is -1.46. The van der Waals surface area contributed by atoms with Crippen LogP contribution in [0.5, 0.6) is 5.75 Å². The van der Waals surface area contributed by atoms with E-state index in [0.717, 1.165) is 0 Å². The van der Waals surface area contributed by atoms with Crippen LogP contribution in [0.3, 0.4) is 0 Å². The molecule has 0 aliphatic carbocycles. The van der Waals surface area contributed by atoms with Gasteiger partial charge in [0, 0.05) is 11.6 Å². The zero-order valence-electron chi connectivity index (χ0n) is 7.97. The summed E-state index contributed by atoms with van der Waals surface area (Å²) in [6, 6.07) is 0.494. The van der Waals surface area contributed by atoms with Crippen LogP contribution in [0.25, 0.3) is 0 Å². The van der Waals surface area contributed by atoms with Gasteiger partial charge in [-0.25, -0.2) is 9.18 Å². The highest BCUT2D eigenvalue weighted by Crippen LogP contribution is 2.28. The number of alkyl halides is 4. The largest absolute Gasteiger partial charge is 0.573 e. The monoisotopic (exact) mass is 255 g/mol. The molecule has 0 aromatic carbocycles. The van der Waals surface area contributed by atoms with Crippen molar-refractivity contribution in [1.29, 1.82) is 0 Å². The molecule has 94 valence electrons. The first-order chi connectivity index (χ1) is 7.74. The third-order valence-electron chi connectivity index (χ3n) is 1.65. The molecule has 0 spiro atoms. The molecular formula is C8H5F4NO4. The van der Waals surface area contributed by atoms with E-state index in [-0.39, 0.29) is 0 Å². The Kier molecular flexibility index (Phi) is 3.39. The van der Waals surface area contributed by atoms with Crippen molar-refractivity contribution in [3.05, 3.63) is 27.7 Å². The molecule has 0 unspecified atom stereocenters. The fourth-order valence-electron chi connectivity index (χ4n) is 1.08. The average molecular weight is 255 g/mol. The summed E-state index contributed by atoms with van der Waals surface area (Å²) >= 11 is 0. The summed E-state index contributed by atoms with van der Waals surface area (Å²) in [6.07, 6.45) is -5.19. The fourth-order valence-corrected chi connectivity index (χ4v) is 1.08. The van der Waals surface area contributed by atoms with Gasteiger partial charge in [0.25, 0.3) is 0 Å². The zero-order chi connectivity index (χ0) is 13.2. The first kappa shape index (κ1) is 13.0. The van der Waals surface area contributed by atoms with Crippen LogP contribution in [0.4, 0.5) is 17.6 Å². The van der Waals surface area contributed by atoms with Gasteiger partial charge in [0.1, 0.15) is 6.67 Å². The van der Waals surface area contributed by atoms with E-state index in [9.17, 15) is 27.2 Å². The van der Waals surface area contributed by atoms with Gasteiger partial charge in [-0.1, -0.05) is 0 Å². The van der Waals surface area contributed by atoms with Crippen LogP contribution in [0.1, 0.15) is 16.1 Å². The number of carboxylic acid groups (broad SMARTS) is 1. The molecule has 0 amide bonds. The highest BCUT2D eigenvalue weighted by atomic mass is 19.4. The Labute approximate surface area is 90.6 Å². The molecule has 1 heterocycles. The molecule has 0 radical (unpaired) electrons. The van der Waals surface area contributed by atoms with Crippen LogP contribution >= 0.6 is 0 Å². The van der Waals surface area contributed by atoms with E-state index >= 15 is 0 Å². The van der Waals surface area contributed by atoms with Crippen LogP contribution < -0.4 is 10.3 Å². The minimum Gasteiger partial charge on any atom is -0.476 e. The van der Waals surface area contributed by atoms with Crippen molar-refractivity contribution in [3.63, 3.8) is 0 Å². The van der Waals surface area contributed by atoms with Gasteiger partial charge < -0.3 is 14.8 Å². The lowest BCUT2D eigenvalue weighted by Crippen LogP contribution is -2.23. The summed E-state index contributed by atoms with van der Waals surface area (Å²) in [5.74, 6) is -3.12. The molecule has 5 nitrogen and oxygen atoms in total. The minimum atomic E-state index is -5.19. The highest BCUT2D eigenvalue weighted by Gasteiger charge is 2.34. The molecule has 1 aromatic rings. The fraction of sp³-hybridized carbons (Fsp3) is 0.250. The van der Waals surface area contributed by atoms with Crippen molar-refractivity contribution in [1.82, 2.24) is 4.98 Å². The maximum atomic E-state index is 12.4. The van der Waals surface area contributed by atoms with Gasteiger partial charge in [-0.05, 0) is 0 Å². The average Bonchev–Trinajstić information content (AvgIpc) is 2.17. The quantitative estimate of drug-likeness (QED) is 0.801.